The van der Waals surface area contributed by atoms with E-state index in [1.165, 1.54) is 17.9 Å². The summed E-state index contributed by atoms with van der Waals surface area (Å²) in [5, 5.41) is 22.9. The van der Waals surface area contributed by atoms with Crippen molar-refractivity contribution in [3.63, 3.8) is 0 Å². The Morgan fingerprint density at radius 1 is 1.41 bits per heavy atom. The first-order valence-electron chi connectivity index (χ1n) is 8.70. The highest BCUT2D eigenvalue weighted by molar-refractivity contribution is 5.83. The van der Waals surface area contributed by atoms with Crippen molar-refractivity contribution in [2.75, 3.05) is 12.8 Å². The number of amides is 1. The molecular formula is C17H22N6O4. The molecule has 10 heteroatoms. The van der Waals surface area contributed by atoms with Gasteiger partial charge >= 0.3 is 0 Å². The predicted octanol–water partition coefficient (Wildman–Crippen LogP) is -0.685. The first-order chi connectivity index (χ1) is 13.0. The Labute approximate surface area is 155 Å². The summed E-state index contributed by atoms with van der Waals surface area (Å²) in [6, 6.07) is 0. The Bertz CT molecular complexity index is 902. The molecule has 0 saturated carbocycles. The van der Waals surface area contributed by atoms with Crippen molar-refractivity contribution in [3.8, 4) is 11.8 Å². The minimum absolute atomic E-state index is 0.148. The van der Waals surface area contributed by atoms with E-state index >= 15 is 0 Å². The zero-order valence-electron chi connectivity index (χ0n) is 15.1. The van der Waals surface area contributed by atoms with Crippen molar-refractivity contribution in [2.45, 2.75) is 50.7 Å². The fraction of sp³-hybridized carbons (Fsp3) is 0.529. The molecule has 0 unspecified atom stereocenters. The van der Waals surface area contributed by atoms with Crippen LogP contribution in [0.2, 0.25) is 0 Å². The zero-order valence-corrected chi connectivity index (χ0v) is 15.1. The van der Waals surface area contributed by atoms with Crippen LogP contribution in [0.3, 0.4) is 0 Å². The van der Waals surface area contributed by atoms with E-state index in [1.807, 2.05) is 0 Å². The smallest absolute Gasteiger partial charge is 0.251 e. The number of aliphatic hydroxyl groups excluding tert-OH is 2. The molecule has 0 spiro atoms. The Hall–Kier alpha value is -2.74. The second-order valence-corrected chi connectivity index (χ2v) is 6.20. The van der Waals surface area contributed by atoms with Gasteiger partial charge < -0.3 is 26.0 Å². The van der Waals surface area contributed by atoms with Gasteiger partial charge in [-0.05, 0) is 12.3 Å². The average Bonchev–Trinajstić information content (AvgIpc) is 3.20. The quantitative estimate of drug-likeness (QED) is 0.406. The Balaban J connectivity index is 1.96. The lowest BCUT2D eigenvalue weighted by Gasteiger charge is -2.16. The second kappa shape index (κ2) is 7.87. The van der Waals surface area contributed by atoms with Crippen LogP contribution in [0.5, 0.6) is 0 Å². The van der Waals surface area contributed by atoms with Gasteiger partial charge in [0.05, 0.1) is 6.33 Å². The fourth-order valence-electron chi connectivity index (χ4n) is 2.84. The minimum Gasteiger partial charge on any atom is -0.387 e. The van der Waals surface area contributed by atoms with Crippen molar-refractivity contribution in [1.82, 2.24) is 24.8 Å². The SMILES string of the molecule is CCCCC#Cc1nc(N)c2ncn([C@@H]3O[C@H](C(=O)NC)[C@@H](O)[C@H]3O)c2n1. The van der Waals surface area contributed by atoms with Crippen molar-refractivity contribution in [1.29, 1.82) is 0 Å². The third-order valence-corrected chi connectivity index (χ3v) is 4.32. The molecule has 2 aromatic heterocycles. The van der Waals surface area contributed by atoms with E-state index in [0.29, 0.717) is 11.2 Å². The average molecular weight is 374 g/mol. The number of fused-ring (bicyclic) bond motifs is 1. The number of unbranched alkanes of at least 4 members (excludes halogenated alkanes) is 2. The zero-order chi connectivity index (χ0) is 19.6. The predicted molar refractivity (Wildman–Crippen MR) is 96.1 cm³/mol. The summed E-state index contributed by atoms with van der Waals surface area (Å²) in [5.74, 6) is 5.69. The van der Waals surface area contributed by atoms with Crippen LogP contribution in [0.1, 0.15) is 38.2 Å². The van der Waals surface area contributed by atoms with Crippen LogP contribution >= 0.6 is 0 Å². The monoisotopic (exact) mass is 374 g/mol. The maximum absolute atomic E-state index is 11.8. The van der Waals surface area contributed by atoms with Crippen molar-refractivity contribution in [2.24, 2.45) is 0 Å². The number of aliphatic hydroxyl groups is 2. The van der Waals surface area contributed by atoms with E-state index in [4.69, 9.17) is 10.5 Å². The van der Waals surface area contributed by atoms with E-state index in [9.17, 15) is 15.0 Å². The number of nitrogens with two attached hydrogens (primary N) is 1. The molecule has 1 amide bonds. The number of aromatic nitrogens is 4. The first-order valence-corrected chi connectivity index (χ1v) is 8.70. The van der Waals surface area contributed by atoms with E-state index in [-0.39, 0.29) is 11.6 Å². The van der Waals surface area contributed by atoms with Crippen molar-refractivity contribution in [3.05, 3.63) is 12.2 Å². The topological polar surface area (TPSA) is 148 Å². The number of nitrogen functional groups attached to an aromatic ring is 1. The second-order valence-electron chi connectivity index (χ2n) is 6.20. The highest BCUT2D eigenvalue weighted by atomic mass is 16.6. The molecule has 1 aliphatic rings. The summed E-state index contributed by atoms with van der Waals surface area (Å²) in [4.78, 5) is 24.5. The molecule has 3 rings (SSSR count). The molecule has 1 fully saturated rings. The molecule has 1 saturated heterocycles. The van der Waals surface area contributed by atoms with E-state index in [0.717, 1.165) is 19.3 Å². The molecule has 0 aliphatic carbocycles. The lowest BCUT2D eigenvalue weighted by atomic mass is 10.1. The summed E-state index contributed by atoms with van der Waals surface area (Å²) in [5.41, 5.74) is 6.57. The summed E-state index contributed by atoms with van der Waals surface area (Å²) < 4.78 is 6.98. The molecule has 27 heavy (non-hydrogen) atoms. The van der Waals surface area contributed by atoms with Crippen LogP contribution in [0.4, 0.5) is 5.82 Å². The summed E-state index contributed by atoms with van der Waals surface area (Å²) >= 11 is 0. The van der Waals surface area contributed by atoms with Crippen molar-refractivity contribution >= 4 is 22.9 Å². The van der Waals surface area contributed by atoms with Crippen LogP contribution in [0, 0.1) is 11.8 Å². The highest BCUT2D eigenvalue weighted by Gasteiger charge is 2.47. The highest BCUT2D eigenvalue weighted by Crippen LogP contribution is 2.32. The van der Waals surface area contributed by atoms with Crippen LogP contribution in [0.15, 0.2) is 6.33 Å². The lowest BCUT2D eigenvalue weighted by Crippen LogP contribution is -2.41. The Kier molecular flexibility index (Phi) is 5.55. The molecule has 3 heterocycles. The summed E-state index contributed by atoms with van der Waals surface area (Å²) in [7, 11) is 1.42. The molecule has 1 aliphatic heterocycles. The number of anilines is 1. The third kappa shape index (κ3) is 3.57. The number of rotatable bonds is 4. The van der Waals surface area contributed by atoms with Crippen LogP contribution in [-0.4, -0.2) is 61.0 Å². The molecule has 10 nitrogen and oxygen atoms in total. The van der Waals surface area contributed by atoms with Gasteiger partial charge in [0.25, 0.3) is 5.91 Å². The molecule has 0 bridgehead atoms. The standard InChI is InChI=1S/C17H22N6O4/c1-3-4-5-6-7-9-21-14(18)10-15(22-9)23(8-20-10)17-12(25)11(24)13(27-17)16(26)19-2/h8,11-13,17,24-25H,3-5H2,1-2H3,(H,19,26)(H2,18,21,22)/t11-,12+,13-,17+/m0/s1. The number of nitrogens with one attached hydrogen (secondary N) is 1. The van der Waals surface area contributed by atoms with Gasteiger partial charge in [-0.2, -0.15) is 0 Å². The maximum atomic E-state index is 11.8. The largest absolute Gasteiger partial charge is 0.387 e. The van der Waals surface area contributed by atoms with Gasteiger partial charge in [0.2, 0.25) is 5.82 Å². The van der Waals surface area contributed by atoms with Crippen LogP contribution < -0.4 is 11.1 Å². The van der Waals surface area contributed by atoms with Crippen molar-refractivity contribution < 1.29 is 19.7 Å². The molecule has 5 N–H and O–H groups in total. The van der Waals surface area contributed by atoms with Gasteiger partial charge in [-0.3, -0.25) is 9.36 Å². The third-order valence-electron chi connectivity index (χ3n) is 4.32. The molecule has 2 aromatic rings. The number of imidazole rings is 1. The van der Waals surface area contributed by atoms with Gasteiger partial charge in [-0.1, -0.05) is 19.3 Å². The minimum atomic E-state index is -1.39. The van der Waals surface area contributed by atoms with Gasteiger partial charge in [-0.25, -0.2) is 15.0 Å². The molecule has 0 aromatic carbocycles. The number of likely N-dealkylation sites (N-methyl/N-ethyl adjacent to an activating group) is 1. The van der Waals surface area contributed by atoms with Gasteiger partial charge in [0.1, 0.15) is 17.7 Å². The molecular weight excluding hydrogens is 352 g/mol. The van der Waals surface area contributed by atoms with Gasteiger partial charge in [0.15, 0.2) is 23.8 Å². The van der Waals surface area contributed by atoms with Crippen LogP contribution in [-0.2, 0) is 9.53 Å². The fourth-order valence-corrected chi connectivity index (χ4v) is 2.84. The number of nitrogens with zero attached hydrogens (tertiary/aromatic N) is 4. The van der Waals surface area contributed by atoms with Gasteiger partial charge in [-0.15, -0.1) is 0 Å². The normalized spacial score (nSPS) is 24.6. The van der Waals surface area contributed by atoms with E-state index in [2.05, 4.69) is 39.0 Å². The van der Waals surface area contributed by atoms with Crippen LogP contribution in [0.25, 0.3) is 11.2 Å². The van der Waals surface area contributed by atoms with Gasteiger partial charge in [0, 0.05) is 13.5 Å². The number of carbonyl (C=O) groups excluding carboxylic acids is 1. The van der Waals surface area contributed by atoms with E-state index < -0.39 is 30.4 Å². The number of hydrogen-bond donors (Lipinski definition) is 4. The maximum Gasteiger partial charge on any atom is 0.251 e. The molecule has 0 radical (unpaired) electrons. The number of ether oxygens (including phenoxy) is 1. The number of hydrogen-bond acceptors (Lipinski definition) is 8. The number of carbonyl (C=O) groups is 1. The lowest BCUT2D eigenvalue weighted by molar-refractivity contribution is -0.137. The molecule has 4 atom stereocenters. The summed E-state index contributed by atoms with van der Waals surface area (Å²) in [6.45, 7) is 2.08. The Morgan fingerprint density at radius 3 is 2.89 bits per heavy atom. The summed E-state index contributed by atoms with van der Waals surface area (Å²) in [6.07, 6.45) is -0.890. The Morgan fingerprint density at radius 2 is 2.19 bits per heavy atom. The van der Waals surface area contributed by atoms with E-state index in [1.54, 1.807) is 0 Å². The first kappa shape index (κ1) is 19.0. The molecule has 144 valence electrons.